The van der Waals surface area contributed by atoms with Gasteiger partial charge in [-0.2, -0.15) is 0 Å². The number of carbonyl (C=O) groups is 5. The van der Waals surface area contributed by atoms with Crippen molar-refractivity contribution >= 4 is 40.9 Å². The van der Waals surface area contributed by atoms with Gasteiger partial charge in [0.2, 0.25) is 5.91 Å². The Balaban J connectivity index is 1.93. The molecule has 208 valence electrons. The van der Waals surface area contributed by atoms with Crippen LogP contribution in [0.3, 0.4) is 0 Å². The SMILES string of the molecule is CCC(C)C(=O)Nc1ccc(C)c(NC(=O)C(C(=O)C(C)(C)C)N2C(=O)C(C)N(Cc3ccccc3)C2=O)c1. The Morgan fingerprint density at radius 2 is 1.62 bits per heavy atom. The number of carbonyl (C=O) groups excluding carboxylic acids is 5. The fourth-order valence-corrected chi connectivity index (χ4v) is 4.21. The first-order chi connectivity index (χ1) is 18.3. The Morgan fingerprint density at radius 3 is 2.21 bits per heavy atom. The molecule has 9 heteroatoms. The molecule has 1 heterocycles. The van der Waals surface area contributed by atoms with Gasteiger partial charge in [-0.25, -0.2) is 9.69 Å². The maximum atomic E-state index is 13.7. The molecular weight excluding hydrogens is 496 g/mol. The van der Waals surface area contributed by atoms with Crippen LogP contribution in [0.15, 0.2) is 48.5 Å². The fraction of sp³-hybridized carbons (Fsp3) is 0.433. The number of anilines is 2. The van der Waals surface area contributed by atoms with Gasteiger partial charge < -0.3 is 15.5 Å². The van der Waals surface area contributed by atoms with Gasteiger partial charge in [-0.15, -0.1) is 0 Å². The molecule has 2 aromatic carbocycles. The number of nitrogens with zero attached hydrogens (tertiary/aromatic N) is 2. The molecular formula is C30H38N4O5. The largest absolute Gasteiger partial charge is 0.328 e. The second kappa shape index (κ2) is 11.8. The molecule has 2 N–H and O–H groups in total. The van der Waals surface area contributed by atoms with E-state index in [1.807, 2.05) is 44.2 Å². The van der Waals surface area contributed by atoms with Gasteiger partial charge in [0.25, 0.3) is 11.8 Å². The van der Waals surface area contributed by atoms with Crippen LogP contribution < -0.4 is 10.6 Å². The molecule has 1 aliphatic heterocycles. The highest BCUT2D eigenvalue weighted by Crippen LogP contribution is 2.29. The standard InChI is InChI=1S/C30H38N4O5/c1-8-18(2)26(36)31-22-15-14-19(3)23(16-22)32-27(37)24(25(35)30(5,6)7)34-28(38)20(4)33(29(34)39)17-21-12-10-9-11-13-21/h9-16,18,20,24H,8,17H2,1-7H3,(H,31,36)(H,32,37). The quantitative estimate of drug-likeness (QED) is 0.356. The molecule has 1 fully saturated rings. The van der Waals surface area contributed by atoms with Crippen LogP contribution in [-0.4, -0.2) is 51.4 Å². The van der Waals surface area contributed by atoms with Gasteiger partial charge in [0.05, 0.1) is 0 Å². The Hall–Kier alpha value is -4.01. The molecule has 0 aromatic heterocycles. The van der Waals surface area contributed by atoms with Crippen molar-refractivity contribution in [2.45, 2.75) is 73.5 Å². The van der Waals surface area contributed by atoms with Crippen LogP contribution in [0, 0.1) is 18.3 Å². The lowest BCUT2D eigenvalue weighted by molar-refractivity contribution is -0.143. The minimum Gasteiger partial charge on any atom is -0.326 e. The third-order valence-corrected chi connectivity index (χ3v) is 7.03. The Bertz CT molecular complexity index is 1270. The van der Waals surface area contributed by atoms with Crippen molar-refractivity contribution in [1.82, 2.24) is 9.80 Å². The first-order valence-corrected chi connectivity index (χ1v) is 13.2. The zero-order chi connectivity index (χ0) is 29.1. The van der Waals surface area contributed by atoms with Crippen molar-refractivity contribution in [3.8, 4) is 0 Å². The topological polar surface area (TPSA) is 116 Å². The summed E-state index contributed by atoms with van der Waals surface area (Å²) in [4.78, 5) is 68.7. The lowest BCUT2D eigenvalue weighted by atomic mass is 9.85. The molecule has 5 amide bonds. The van der Waals surface area contributed by atoms with Gasteiger partial charge >= 0.3 is 6.03 Å². The predicted molar refractivity (Wildman–Crippen MR) is 150 cm³/mol. The number of ketones is 1. The van der Waals surface area contributed by atoms with E-state index in [9.17, 15) is 24.0 Å². The van der Waals surface area contributed by atoms with Gasteiger partial charge in [-0.05, 0) is 43.5 Å². The number of imide groups is 1. The normalized spacial score (nSPS) is 17.2. The average Bonchev–Trinajstić information content (AvgIpc) is 3.09. The summed E-state index contributed by atoms with van der Waals surface area (Å²) < 4.78 is 0. The molecule has 3 atom stereocenters. The van der Waals surface area contributed by atoms with Crippen LogP contribution in [0.4, 0.5) is 16.2 Å². The van der Waals surface area contributed by atoms with Gasteiger partial charge in [0.1, 0.15) is 6.04 Å². The van der Waals surface area contributed by atoms with Crippen molar-refractivity contribution in [3.63, 3.8) is 0 Å². The molecule has 0 spiro atoms. The predicted octanol–water partition coefficient (Wildman–Crippen LogP) is 4.75. The van der Waals surface area contributed by atoms with Gasteiger partial charge in [0.15, 0.2) is 11.8 Å². The Labute approximate surface area is 229 Å². The van der Waals surface area contributed by atoms with E-state index in [0.717, 1.165) is 10.5 Å². The molecule has 39 heavy (non-hydrogen) atoms. The number of Topliss-reactive ketones (excluding diaryl/α,β-unsaturated/α-hetero) is 1. The van der Waals surface area contributed by atoms with E-state index in [0.29, 0.717) is 23.4 Å². The van der Waals surface area contributed by atoms with Crippen molar-refractivity contribution in [1.29, 1.82) is 0 Å². The van der Waals surface area contributed by atoms with E-state index in [1.165, 1.54) is 4.90 Å². The van der Waals surface area contributed by atoms with Crippen molar-refractivity contribution in [2.75, 3.05) is 10.6 Å². The number of hydrogen-bond acceptors (Lipinski definition) is 5. The van der Waals surface area contributed by atoms with E-state index < -0.39 is 41.1 Å². The van der Waals surface area contributed by atoms with Crippen LogP contribution in [-0.2, 0) is 25.7 Å². The number of urea groups is 1. The van der Waals surface area contributed by atoms with Crippen LogP contribution in [0.1, 0.15) is 59.1 Å². The summed E-state index contributed by atoms with van der Waals surface area (Å²) in [5.74, 6) is -2.31. The minimum atomic E-state index is -1.66. The van der Waals surface area contributed by atoms with Gasteiger partial charge in [-0.1, -0.05) is 71.0 Å². The maximum Gasteiger partial charge on any atom is 0.328 e. The molecule has 9 nitrogen and oxygen atoms in total. The fourth-order valence-electron chi connectivity index (χ4n) is 4.21. The number of nitrogens with one attached hydrogen (secondary N) is 2. The second-order valence-electron chi connectivity index (χ2n) is 11.1. The summed E-state index contributed by atoms with van der Waals surface area (Å²) >= 11 is 0. The highest BCUT2D eigenvalue weighted by atomic mass is 16.2. The van der Waals surface area contributed by atoms with E-state index in [-0.39, 0.29) is 18.4 Å². The molecule has 0 bridgehead atoms. The highest BCUT2D eigenvalue weighted by Gasteiger charge is 2.52. The summed E-state index contributed by atoms with van der Waals surface area (Å²) in [6.45, 7) is 12.2. The summed E-state index contributed by atoms with van der Waals surface area (Å²) in [6, 6.07) is 11.1. The third-order valence-electron chi connectivity index (χ3n) is 7.03. The molecule has 1 aliphatic rings. The molecule has 2 aromatic rings. The van der Waals surface area contributed by atoms with Crippen LogP contribution >= 0.6 is 0 Å². The van der Waals surface area contributed by atoms with E-state index in [2.05, 4.69) is 10.6 Å². The highest BCUT2D eigenvalue weighted by molar-refractivity contribution is 6.19. The second-order valence-corrected chi connectivity index (χ2v) is 11.1. The van der Waals surface area contributed by atoms with Crippen molar-refractivity contribution < 1.29 is 24.0 Å². The van der Waals surface area contributed by atoms with Crippen molar-refractivity contribution in [2.24, 2.45) is 11.3 Å². The number of amides is 5. The van der Waals surface area contributed by atoms with Crippen LogP contribution in [0.2, 0.25) is 0 Å². The molecule has 3 unspecified atom stereocenters. The number of rotatable bonds is 9. The number of benzene rings is 2. The van der Waals surface area contributed by atoms with E-state index in [1.54, 1.807) is 52.8 Å². The van der Waals surface area contributed by atoms with Crippen molar-refractivity contribution in [3.05, 3.63) is 59.7 Å². The molecule has 0 saturated carbocycles. The third kappa shape index (κ3) is 6.53. The lowest BCUT2D eigenvalue weighted by Gasteiger charge is -2.29. The summed E-state index contributed by atoms with van der Waals surface area (Å²) in [5, 5.41) is 5.57. The molecule has 0 radical (unpaired) electrons. The number of hydrogen-bond donors (Lipinski definition) is 2. The molecule has 3 rings (SSSR count). The van der Waals surface area contributed by atoms with E-state index in [4.69, 9.17) is 0 Å². The first kappa shape index (κ1) is 29.5. The lowest BCUT2D eigenvalue weighted by Crippen LogP contribution is -2.55. The van der Waals surface area contributed by atoms with Crippen LogP contribution in [0.5, 0.6) is 0 Å². The summed E-state index contributed by atoms with van der Waals surface area (Å²) in [5.41, 5.74) is 1.34. The van der Waals surface area contributed by atoms with Gasteiger partial charge in [-0.3, -0.25) is 19.2 Å². The smallest absolute Gasteiger partial charge is 0.326 e. The Kier molecular flexibility index (Phi) is 8.94. The monoisotopic (exact) mass is 534 g/mol. The summed E-state index contributed by atoms with van der Waals surface area (Å²) in [6.07, 6.45) is 0.676. The average molecular weight is 535 g/mol. The van der Waals surface area contributed by atoms with Gasteiger partial charge in [0, 0.05) is 29.3 Å². The Morgan fingerprint density at radius 1 is 0.974 bits per heavy atom. The first-order valence-electron chi connectivity index (χ1n) is 13.2. The maximum absolute atomic E-state index is 13.7. The molecule has 0 aliphatic carbocycles. The number of aryl methyl sites for hydroxylation is 1. The molecule has 1 saturated heterocycles. The zero-order valence-electron chi connectivity index (χ0n) is 23.7. The minimum absolute atomic E-state index is 0.153. The van der Waals surface area contributed by atoms with E-state index >= 15 is 0 Å². The summed E-state index contributed by atoms with van der Waals surface area (Å²) in [7, 11) is 0. The zero-order valence-corrected chi connectivity index (χ0v) is 23.7. The van der Waals surface area contributed by atoms with Crippen LogP contribution in [0.25, 0.3) is 0 Å².